The van der Waals surface area contributed by atoms with E-state index in [1.807, 2.05) is 6.07 Å². The van der Waals surface area contributed by atoms with Crippen LogP contribution in [-0.4, -0.2) is 22.2 Å². The first kappa shape index (κ1) is 26.6. The van der Waals surface area contributed by atoms with Gasteiger partial charge in [0.1, 0.15) is 11.5 Å². The third kappa shape index (κ3) is 6.18. The topological polar surface area (TPSA) is 85.0 Å². The van der Waals surface area contributed by atoms with Crippen molar-refractivity contribution in [3.8, 4) is 5.69 Å². The molecule has 0 aliphatic heterocycles. The number of nitrogens with zero attached hydrogens (tertiary/aromatic N) is 2. The molecule has 1 aliphatic rings. The van der Waals surface area contributed by atoms with Gasteiger partial charge in [0.05, 0.1) is 11.7 Å². The van der Waals surface area contributed by atoms with Crippen LogP contribution < -0.4 is 16.4 Å². The zero-order valence-electron chi connectivity index (χ0n) is 20.9. The summed E-state index contributed by atoms with van der Waals surface area (Å²) in [4.78, 5) is 13.3. The van der Waals surface area contributed by atoms with Crippen LogP contribution in [0.15, 0.2) is 78.9 Å². The molecule has 4 aromatic rings. The molecule has 1 aliphatic carbocycles. The molecule has 6 nitrogen and oxygen atoms in total. The monoisotopic (exact) mass is 537 g/mol. The highest BCUT2D eigenvalue weighted by molar-refractivity contribution is 6.03. The molecule has 10 heteroatoms. The van der Waals surface area contributed by atoms with Crippen molar-refractivity contribution < 1.29 is 22.4 Å². The van der Waals surface area contributed by atoms with Crippen molar-refractivity contribution in [2.45, 2.75) is 31.6 Å². The third-order valence-electron chi connectivity index (χ3n) is 6.62. The second-order valence-corrected chi connectivity index (χ2v) is 9.58. The number of hydrogen-bond donors (Lipinski definition) is 3. The summed E-state index contributed by atoms with van der Waals surface area (Å²) >= 11 is 0. The summed E-state index contributed by atoms with van der Waals surface area (Å²) in [5.41, 5.74) is 6.68. The number of aromatic nitrogens is 2. The lowest BCUT2D eigenvalue weighted by Gasteiger charge is -2.21. The van der Waals surface area contributed by atoms with Gasteiger partial charge in [-0.3, -0.25) is 4.79 Å². The molecule has 0 saturated heterocycles. The fourth-order valence-electron chi connectivity index (χ4n) is 4.41. The maximum absolute atomic E-state index is 14.7. The molecular weight excluding hydrogens is 510 g/mol. The quantitative estimate of drug-likeness (QED) is 0.235. The largest absolute Gasteiger partial charge is 0.435 e. The van der Waals surface area contributed by atoms with E-state index < -0.39 is 23.8 Å². The lowest BCUT2D eigenvalue weighted by atomic mass is 9.97. The predicted octanol–water partition coefficient (Wildman–Crippen LogP) is 5.83. The Balaban J connectivity index is 1.46. The predicted molar refractivity (Wildman–Crippen MR) is 140 cm³/mol. The molecule has 1 amide bonds. The highest BCUT2D eigenvalue weighted by atomic mass is 19.4. The maximum Gasteiger partial charge on any atom is 0.435 e. The van der Waals surface area contributed by atoms with Crippen LogP contribution in [0.5, 0.6) is 0 Å². The van der Waals surface area contributed by atoms with Gasteiger partial charge >= 0.3 is 6.18 Å². The first-order valence-corrected chi connectivity index (χ1v) is 12.6. The molecule has 1 unspecified atom stereocenters. The van der Waals surface area contributed by atoms with Crippen LogP contribution in [0.4, 0.5) is 23.2 Å². The van der Waals surface area contributed by atoms with E-state index in [1.54, 1.807) is 60.7 Å². The lowest BCUT2D eigenvalue weighted by Crippen LogP contribution is -2.25. The minimum absolute atomic E-state index is 0.174. The lowest BCUT2D eigenvalue weighted by molar-refractivity contribution is -0.141. The van der Waals surface area contributed by atoms with Gasteiger partial charge in [-0.15, -0.1) is 0 Å². The first-order valence-electron chi connectivity index (χ1n) is 12.6. The van der Waals surface area contributed by atoms with E-state index in [9.17, 15) is 22.4 Å². The number of alkyl halides is 3. The molecule has 0 radical (unpaired) electrons. The molecule has 1 saturated carbocycles. The van der Waals surface area contributed by atoms with Crippen molar-refractivity contribution in [3.63, 3.8) is 0 Å². The number of carbonyl (C=O) groups is 1. The number of hydrogen-bond acceptors (Lipinski definition) is 4. The van der Waals surface area contributed by atoms with Gasteiger partial charge in [-0.2, -0.15) is 18.3 Å². The Morgan fingerprint density at radius 1 is 1.03 bits per heavy atom. The van der Waals surface area contributed by atoms with Crippen LogP contribution in [-0.2, 0) is 12.7 Å². The summed E-state index contributed by atoms with van der Waals surface area (Å²) in [7, 11) is 0. The molecule has 1 heterocycles. The fraction of sp³-hybridized carbons (Fsp3) is 0.241. The minimum atomic E-state index is -4.74. The number of amides is 1. The van der Waals surface area contributed by atoms with Gasteiger partial charge in [0, 0.05) is 23.9 Å². The van der Waals surface area contributed by atoms with Crippen LogP contribution in [0, 0.1) is 11.7 Å². The van der Waals surface area contributed by atoms with E-state index in [0.29, 0.717) is 34.4 Å². The van der Waals surface area contributed by atoms with Gasteiger partial charge in [-0.1, -0.05) is 42.5 Å². The highest BCUT2D eigenvalue weighted by Crippen LogP contribution is 2.32. The van der Waals surface area contributed by atoms with E-state index >= 15 is 0 Å². The average molecular weight is 538 g/mol. The zero-order chi connectivity index (χ0) is 27.6. The number of carbonyl (C=O) groups excluding carboxylic acids is 1. The summed E-state index contributed by atoms with van der Waals surface area (Å²) in [6.45, 7) is 0.893. The molecule has 3 aromatic carbocycles. The van der Waals surface area contributed by atoms with Gasteiger partial charge in [0.15, 0.2) is 5.69 Å². The van der Waals surface area contributed by atoms with Crippen molar-refractivity contribution in [3.05, 3.63) is 113 Å². The Bertz CT molecular complexity index is 1480. The summed E-state index contributed by atoms with van der Waals surface area (Å²) in [5, 5.41) is 9.78. The molecular formula is C29H27F4N5O. The maximum atomic E-state index is 14.7. The number of rotatable bonds is 9. The van der Waals surface area contributed by atoms with E-state index in [1.165, 1.54) is 6.07 Å². The van der Waals surface area contributed by atoms with Gasteiger partial charge in [-0.25, -0.2) is 9.07 Å². The van der Waals surface area contributed by atoms with Gasteiger partial charge in [-0.05, 0) is 66.8 Å². The SMILES string of the molecule is NCc1cccc(-n2nc(C(F)(F)F)cc2C(=O)Nc2cccc(C(NCC3CC3)c3ccccc3F)c2)c1. The molecule has 1 atom stereocenters. The molecule has 0 bridgehead atoms. The van der Waals surface area contributed by atoms with Gasteiger partial charge < -0.3 is 16.4 Å². The second kappa shape index (κ2) is 11.0. The first-order chi connectivity index (χ1) is 18.7. The van der Waals surface area contributed by atoms with Crippen LogP contribution in [0.1, 0.15) is 51.8 Å². The number of nitrogens with two attached hydrogens (primary N) is 1. The molecule has 4 N–H and O–H groups in total. The van der Waals surface area contributed by atoms with E-state index in [0.717, 1.165) is 24.1 Å². The Hall–Kier alpha value is -4.02. The van der Waals surface area contributed by atoms with Crippen LogP contribution in [0.2, 0.25) is 0 Å². The van der Waals surface area contributed by atoms with Crippen LogP contribution in [0.25, 0.3) is 5.69 Å². The standard InChI is InChI=1S/C29H27F4N5O/c30-24-10-2-1-9-23(24)27(35-17-18-11-12-18)20-6-4-7-21(14-20)36-28(39)25-15-26(29(31,32)33)37-38(25)22-8-3-5-19(13-22)16-34/h1-10,13-15,18,27,35H,11-12,16-17,34H2,(H,36,39). The number of anilines is 1. The Morgan fingerprint density at radius 3 is 2.51 bits per heavy atom. The zero-order valence-corrected chi connectivity index (χ0v) is 20.9. The summed E-state index contributed by atoms with van der Waals surface area (Å²) in [5.74, 6) is -0.590. The van der Waals surface area contributed by atoms with Crippen LogP contribution in [0.3, 0.4) is 0 Å². The van der Waals surface area contributed by atoms with Gasteiger partial charge in [0.2, 0.25) is 0 Å². The normalized spacial score (nSPS) is 14.3. The summed E-state index contributed by atoms with van der Waals surface area (Å²) in [6.07, 6.45) is -2.50. The fourth-order valence-corrected chi connectivity index (χ4v) is 4.41. The van der Waals surface area contributed by atoms with Crippen LogP contribution >= 0.6 is 0 Å². The Kier molecular flexibility index (Phi) is 7.49. The smallest absolute Gasteiger partial charge is 0.326 e. The van der Waals surface area contributed by atoms with E-state index in [4.69, 9.17) is 5.73 Å². The van der Waals surface area contributed by atoms with Crippen molar-refractivity contribution in [1.29, 1.82) is 0 Å². The molecule has 1 fully saturated rings. The molecule has 202 valence electrons. The Morgan fingerprint density at radius 2 is 1.79 bits per heavy atom. The molecule has 5 rings (SSSR count). The number of halogens is 4. The Labute approximate surface area is 222 Å². The molecule has 0 spiro atoms. The minimum Gasteiger partial charge on any atom is -0.326 e. The van der Waals surface area contributed by atoms with E-state index in [2.05, 4.69) is 15.7 Å². The van der Waals surface area contributed by atoms with Crippen molar-refractivity contribution in [2.75, 3.05) is 11.9 Å². The number of nitrogens with one attached hydrogen (secondary N) is 2. The molecule has 39 heavy (non-hydrogen) atoms. The van der Waals surface area contributed by atoms with Crippen molar-refractivity contribution in [2.24, 2.45) is 11.7 Å². The third-order valence-corrected chi connectivity index (χ3v) is 6.62. The highest BCUT2D eigenvalue weighted by Gasteiger charge is 2.36. The van der Waals surface area contributed by atoms with Gasteiger partial charge in [0.25, 0.3) is 5.91 Å². The van der Waals surface area contributed by atoms with E-state index in [-0.39, 0.29) is 23.7 Å². The second-order valence-electron chi connectivity index (χ2n) is 9.58. The summed E-state index contributed by atoms with van der Waals surface area (Å²) in [6, 6.07) is 20.1. The van der Waals surface area contributed by atoms with Crippen molar-refractivity contribution >= 4 is 11.6 Å². The number of benzene rings is 3. The average Bonchev–Trinajstić information content (AvgIpc) is 3.63. The van der Waals surface area contributed by atoms with Crippen molar-refractivity contribution in [1.82, 2.24) is 15.1 Å². The summed E-state index contributed by atoms with van der Waals surface area (Å²) < 4.78 is 56.3. The molecule has 1 aromatic heterocycles.